The first-order valence-electron chi connectivity index (χ1n) is 8.37. The first-order valence-corrected chi connectivity index (χ1v) is 8.37. The van der Waals surface area contributed by atoms with Gasteiger partial charge in [-0.1, -0.05) is 27.2 Å². The lowest BCUT2D eigenvalue weighted by atomic mass is 10.1. The molecule has 1 heterocycles. The van der Waals surface area contributed by atoms with Gasteiger partial charge in [0.05, 0.1) is 0 Å². The number of nitrogens with zero attached hydrogens (tertiary/aromatic N) is 2. The van der Waals surface area contributed by atoms with Crippen LogP contribution in [0.5, 0.6) is 0 Å². The second-order valence-electron chi connectivity index (χ2n) is 6.34. The second kappa shape index (κ2) is 9.14. The maximum absolute atomic E-state index is 12.3. The smallest absolute Gasteiger partial charge is 0.330 e. The highest BCUT2D eigenvalue weighted by Crippen LogP contribution is 2.19. The molecule has 0 aliphatic carbocycles. The average molecular weight is 340 g/mol. The SMILES string of the molecule is CCCCn1c(N)c(N(CCCC(=O)O)CC(C)C)c(=O)[nH]c1=O. The van der Waals surface area contributed by atoms with Crippen LogP contribution >= 0.6 is 0 Å². The Bertz CT molecular complexity index is 663. The molecule has 0 aromatic carbocycles. The van der Waals surface area contributed by atoms with Crippen LogP contribution in [-0.4, -0.2) is 33.7 Å². The third-order valence-corrected chi connectivity index (χ3v) is 3.67. The Kier molecular flexibility index (Phi) is 7.54. The molecule has 0 bridgehead atoms. The van der Waals surface area contributed by atoms with E-state index in [2.05, 4.69) is 4.98 Å². The standard InChI is InChI=1S/C16H28N4O4/c1-4-5-9-20-14(17)13(15(23)18-16(20)24)19(10-11(2)3)8-6-7-12(21)22/h11H,4-10,17H2,1-3H3,(H,21,22)(H,18,23,24). The topological polar surface area (TPSA) is 121 Å². The van der Waals surface area contributed by atoms with Crippen LogP contribution in [0.2, 0.25) is 0 Å². The summed E-state index contributed by atoms with van der Waals surface area (Å²) in [6.45, 7) is 7.40. The summed E-state index contributed by atoms with van der Waals surface area (Å²) in [7, 11) is 0. The molecule has 1 aromatic rings. The van der Waals surface area contributed by atoms with E-state index in [0.717, 1.165) is 12.8 Å². The maximum Gasteiger partial charge on any atom is 0.330 e. The first kappa shape index (κ1) is 19.8. The molecule has 0 unspecified atom stereocenters. The van der Waals surface area contributed by atoms with Crippen LogP contribution < -0.4 is 21.9 Å². The summed E-state index contributed by atoms with van der Waals surface area (Å²) in [6.07, 6.45) is 2.09. The average Bonchev–Trinajstić information content (AvgIpc) is 2.45. The number of nitrogens with one attached hydrogen (secondary N) is 1. The van der Waals surface area contributed by atoms with Crippen molar-refractivity contribution in [1.29, 1.82) is 0 Å². The van der Waals surface area contributed by atoms with Gasteiger partial charge in [0.15, 0.2) is 0 Å². The quantitative estimate of drug-likeness (QED) is 0.589. The molecule has 136 valence electrons. The van der Waals surface area contributed by atoms with Gasteiger partial charge in [0, 0.05) is 26.1 Å². The first-order chi connectivity index (χ1) is 11.3. The summed E-state index contributed by atoms with van der Waals surface area (Å²) in [6, 6.07) is 0. The fraction of sp³-hybridized carbons (Fsp3) is 0.688. The van der Waals surface area contributed by atoms with Crippen LogP contribution in [0.1, 0.15) is 46.5 Å². The maximum atomic E-state index is 12.3. The van der Waals surface area contributed by atoms with Crippen molar-refractivity contribution in [3.8, 4) is 0 Å². The van der Waals surface area contributed by atoms with E-state index in [9.17, 15) is 14.4 Å². The Balaban J connectivity index is 3.22. The van der Waals surface area contributed by atoms with Gasteiger partial charge in [0.2, 0.25) is 0 Å². The predicted octanol–water partition coefficient (Wildman–Crippen LogP) is 1.25. The highest BCUT2D eigenvalue weighted by atomic mass is 16.4. The van der Waals surface area contributed by atoms with E-state index in [1.807, 2.05) is 20.8 Å². The normalized spacial score (nSPS) is 11.0. The minimum absolute atomic E-state index is 0.0158. The molecule has 0 atom stereocenters. The number of anilines is 2. The number of carbonyl (C=O) groups is 1. The summed E-state index contributed by atoms with van der Waals surface area (Å²) in [4.78, 5) is 39.1. The van der Waals surface area contributed by atoms with E-state index in [0.29, 0.717) is 26.1 Å². The minimum Gasteiger partial charge on any atom is -0.481 e. The van der Waals surface area contributed by atoms with E-state index in [4.69, 9.17) is 10.8 Å². The number of carboxylic acids is 1. The van der Waals surface area contributed by atoms with Crippen molar-refractivity contribution in [2.45, 2.75) is 53.0 Å². The molecule has 4 N–H and O–H groups in total. The Hall–Kier alpha value is -2.25. The number of aromatic nitrogens is 2. The minimum atomic E-state index is -0.880. The van der Waals surface area contributed by atoms with Gasteiger partial charge in [-0.2, -0.15) is 0 Å². The van der Waals surface area contributed by atoms with Crippen molar-refractivity contribution in [2.75, 3.05) is 23.7 Å². The molecule has 8 heteroatoms. The molecule has 0 aliphatic rings. The van der Waals surface area contributed by atoms with Crippen LogP contribution in [0.4, 0.5) is 11.5 Å². The number of nitrogen functional groups attached to an aromatic ring is 1. The molecule has 0 radical (unpaired) electrons. The molecule has 0 saturated heterocycles. The molecular weight excluding hydrogens is 312 g/mol. The van der Waals surface area contributed by atoms with Crippen LogP contribution in [0, 0.1) is 5.92 Å². The van der Waals surface area contributed by atoms with Gasteiger partial charge in [-0.25, -0.2) is 4.79 Å². The van der Waals surface area contributed by atoms with E-state index >= 15 is 0 Å². The summed E-state index contributed by atoms with van der Waals surface area (Å²) in [5.41, 5.74) is 5.34. The second-order valence-corrected chi connectivity index (χ2v) is 6.34. The Morgan fingerprint density at radius 1 is 1.33 bits per heavy atom. The summed E-state index contributed by atoms with van der Waals surface area (Å²) in [5, 5.41) is 8.81. The molecule has 0 spiro atoms. The highest BCUT2D eigenvalue weighted by molar-refractivity contribution is 5.67. The molecule has 0 saturated carbocycles. The van der Waals surface area contributed by atoms with Crippen molar-refractivity contribution >= 4 is 17.5 Å². The summed E-state index contributed by atoms with van der Waals surface area (Å²) in [5.74, 6) is -0.480. The van der Waals surface area contributed by atoms with Crippen LogP contribution in [0.15, 0.2) is 9.59 Å². The molecular formula is C16H28N4O4. The van der Waals surface area contributed by atoms with Crippen molar-refractivity contribution in [3.05, 3.63) is 20.8 Å². The van der Waals surface area contributed by atoms with Gasteiger partial charge >= 0.3 is 11.7 Å². The van der Waals surface area contributed by atoms with E-state index in [-0.39, 0.29) is 23.8 Å². The van der Waals surface area contributed by atoms with E-state index < -0.39 is 17.2 Å². The van der Waals surface area contributed by atoms with Crippen LogP contribution in [0.3, 0.4) is 0 Å². The monoisotopic (exact) mass is 340 g/mol. The zero-order valence-corrected chi connectivity index (χ0v) is 14.7. The number of aromatic amines is 1. The number of aliphatic carboxylic acids is 1. The Morgan fingerprint density at radius 2 is 2.00 bits per heavy atom. The highest BCUT2D eigenvalue weighted by Gasteiger charge is 2.19. The Labute approximate surface area is 141 Å². The van der Waals surface area contributed by atoms with Crippen molar-refractivity contribution in [3.63, 3.8) is 0 Å². The predicted molar refractivity (Wildman–Crippen MR) is 94.6 cm³/mol. The molecule has 0 amide bonds. The number of rotatable bonds is 10. The van der Waals surface area contributed by atoms with Gasteiger partial charge in [0.25, 0.3) is 5.56 Å². The fourth-order valence-electron chi connectivity index (χ4n) is 2.58. The Morgan fingerprint density at radius 3 is 2.54 bits per heavy atom. The molecule has 0 aliphatic heterocycles. The van der Waals surface area contributed by atoms with Crippen molar-refractivity contribution in [2.24, 2.45) is 5.92 Å². The largest absolute Gasteiger partial charge is 0.481 e. The number of carboxylic acid groups (broad SMARTS) is 1. The lowest BCUT2D eigenvalue weighted by Gasteiger charge is -2.27. The molecule has 8 nitrogen and oxygen atoms in total. The van der Waals surface area contributed by atoms with Crippen molar-refractivity contribution < 1.29 is 9.90 Å². The van der Waals surface area contributed by atoms with Crippen LogP contribution in [-0.2, 0) is 11.3 Å². The number of unbranched alkanes of at least 4 members (excludes halogenated alkanes) is 1. The number of hydrogen-bond acceptors (Lipinski definition) is 5. The van der Waals surface area contributed by atoms with E-state index in [1.165, 1.54) is 4.57 Å². The van der Waals surface area contributed by atoms with Gasteiger partial charge in [-0.15, -0.1) is 0 Å². The van der Waals surface area contributed by atoms with E-state index in [1.54, 1.807) is 4.90 Å². The van der Waals surface area contributed by atoms with Gasteiger partial charge in [-0.05, 0) is 18.8 Å². The van der Waals surface area contributed by atoms with Gasteiger partial charge in [-0.3, -0.25) is 19.1 Å². The lowest BCUT2D eigenvalue weighted by molar-refractivity contribution is -0.137. The number of nitrogens with two attached hydrogens (primary N) is 1. The van der Waals surface area contributed by atoms with Crippen molar-refractivity contribution in [1.82, 2.24) is 9.55 Å². The molecule has 24 heavy (non-hydrogen) atoms. The zero-order chi connectivity index (χ0) is 18.3. The molecule has 1 aromatic heterocycles. The molecule has 0 fully saturated rings. The fourth-order valence-corrected chi connectivity index (χ4v) is 2.58. The number of hydrogen-bond donors (Lipinski definition) is 3. The lowest BCUT2D eigenvalue weighted by Crippen LogP contribution is -2.40. The number of H-pyrrole nitrogens is 1. The zero-order valence-electron chi connectivity index (χ0n) is 14.7. The third-order valence-electron chi connectivity index (χ3n) is 3.67. The van der Waals surface area contributed by atoms with Gasteiger partial charge < -0.3 is 15.7 Å². The summed E-state index contributed by atoms with van der Waals surface area (Å²) < 4.78 is 1.38. The van der Waals surface area contributed by atoms with Crippen LogP contribution in [0.25, 0.3) is 0 Å². The van der Waals surface area contributed by atoms with Gasteiger partial charge in [0.1, 0.15) is 11.5 Å². The third kappa shape index (κ3) is 5.43. The summed E-state index contributed by atoms with van der Waals surface area (Å²) >= 11 is 0. The molecule has 1 rings (SSSR count).